The first kappa shape index (κ1) is 26.9. The van der Waals surface area contributed by atoms with E-state index in [1.54, 1.807) is 6.92 Å². The van der Waals surface area contributed by atoms with E-state index in [9.17, 15) is 35.1 Å². The largest absolute Gasteiger partial charge is 0.429 e. The Morgan fingerprint density at radius 1 is 0.838 bits per heavy atom. The first-order valence-corrected chi connectivity index (χ1v) is 11.6. The lowest BCUT2D eigenvalue weighted by Crippen LogP contribution is -2.24. The molecule has 4 rings (SSSR count). The van der Waals surface area contributed by atoms with E-state index in [4.69, 9.17) is 4.74 Å². The van der Waals surface area contributed by atoms with Gasteiger partial charge in [0, 0.05) is 12.0 Å². The zero-order valence-electron chi connectivity index (χ0n) is 19.6. The molecule has 2 atom stereocenters. The Kier molecular flexibility index (Phi) is 7.77. The van der Waals surface area contributed by atoms with Crippen LogP contribution in [0.25, 0.3) is 0 Å². The first-order valence-electron chi connectivity index (χ1n) is 11.6. The molecule has 0 spiro atoms. The van der Waals surface area contributed by atoms with E-state index in [0.717, 1.165) is 30.3 Å². The highest BCUT2D eigenvalue weighted by molar-refractivity contribution is 5.34. The fraction of sp³-hybridized carbons (Fsp3) is 0.333. The molecular weight excluding hydrogens is 508 g/mol. The Labute approximate surface area is 207 Å². The van der Waals surface area contributed by atoms with Gasteiger partial charge in [0.05, 0.1) is 12.7 Å². The summed E-state index contributed by atoms with van der Waals surface area (Å²) in [6.45, 7) is 1.68. The summed E-state index contributed by atoms with van der Waals surface area (Å²) in [5.41, 5.74) is -1.12. The second kappa shape index (κ2) is 10.7. The van der Waals surface area contributed by atoms with E-state index in [-0.39, 0.29) is 36.1 Å². The third kappa shape index (κ3) is 5.58. The van der Waals surface area contributed by atoms with Crippen LogP contribution in [0.2, 0.25) is 0 Å². The highest BCUT2D eigenvalue weighted by Crippen LogP contribution is 2.39. The average Bonchev–Trinajstić information content (AvgIpc) is 2.85. The molecule has 1 aliphatic rings. The van der Waals surface area contributed by atoms with Gasteiger partial charge < -0.3 is 9.47 Å². The minimum atomic E-state index is -4.27. The lowest BCUT2D eigenvalue weighted by atomic mass is 9.89. The minimum Gasteiger partial charge on any atom is -0.429 e. The van der Waals surface area contributed by atoms with Gasteiger partial charge in [-0.3, -0.25) is 0 Å². The molecule has 0 radical (unpaired) electrons. The average molecular weight is 530 g/mol. The van der Waals surface area contributed by atoms with Crippen molar-refractivity contribution in [2.24, 2.45) is 0 Å². The Balaban J connectivity index is 1.45. The molecule has 3 aromatic rings. The van der Waals surface area contributed by atoms with Crippen molar-refractivity contribution >= 4 is 0 Å². The lowest BCUT2D eigenvalue weighted by molar-refractivity contribution is -0.187. The van der Waals surface area contributed by atoms with Crippen LogP contribution in [0.3, 0.4) is 0 Å². The van der Waals surface area contributed by atoms with Gasteiger partial charge in [0.1, 0.15) is 17.1 Å². The number of halogens is 8. The molecule has 3 aromatic carbocycles. The lowest BCUT2D eigenvalue weighted by Gasteiger charge is -2.30. The standard InChI is InChI=1S/C27H22F8O2/c1-2-3-14-4-8-19(25(32)24(14)31)27(34,35)37-17-6-7-18(20(28)12-17)15-5-9-23(36-13-15)16-10-21(29)26(33)22(30)11-16/h4,6-8,10-12,15,23H,2-3,5,9,13H2,1H3. The molecule has 198 valence electrons. The van der Waals surface area contributed by atoms with E-state index in [1.807, 2.05) is 0 Å². The van der Waals surface area contributed by atoms with Gasteiger partial charge in [-0.2, -0.15) is 8.78 Å². The van der Waals surface area contributed by atoms with E-state index < -0.39 is 64.3 Å². The van der Waals surface area contributed by atoms with Crippen LogP contribution in [0.5, 0.6) is 5.75 Å². The van der Waals surface area contributed by atoms with Crippen molar-refractivity contribution in [1.82, 2.24) is 0 Å². The molecule has 1 saturated heterocycles. The second-order valence-corrected chi connectivity index (χ2v) is 8.85. The molecule has 0 bridgehead atoms. The molecule has 0 aliphatic carbocycles. The van der Waals surface area contributed by atoms with E-state index in [2.05, 4.69) is 4.74 Å². The summed E-state index contributed by atoms with van der Waals surface area (Å²) < 4.78 is 123. The topological polar surface area (TPSA) is 18.5 Å². The fourth-order valence-electron chi connectivity index (χ4n) is 4.40. The summed E-state index contributed by atoms with van der Waals surface area (Å²) >= 11 is 0. The third-order valence-electron chi connectivity index (χ3n) is 6.31. The first-order chi connectivity index (χ1) is 17.5. The quantitative estimate of drug-likeness (QED) is 0.226. The smallest absolute Gasteiger partial charge is 0.429 e. The number of aryl methyl sites for hydroxylation is 1. The molecule has 2 unspecified atom stereocenters. The maximum absolute atomic E-state index is 14.8. The van der Waals surface area contributed by atoms with Crippen molar-refractivity contribution in [2.45, 2.75) is 50.7 Å². The predicted octanol–water partition coefficient (Wildman–Crippen LogP) is 8.24. The zero-order chi connectivity index (χ0) is 26.9. The normalized spacial score (nSPS) is 18.2. The summed E-state index contributed by atoms with van der Waals surface area (Å²) in [5.74, 6) is -9.39. The van der Waals surface area contributed by atoms with Crippen LogP contribution in [0.15, 0.2) is 42.5 Å². The van der Waals surface area contributed by atoms with Gasteiger partial charge in [-0.25, -0.2) is 26.3 Å². The van der Waals surface area contributed by atoms with E-state index in [1.165, 1.54) is 6.07 Å². The Hall–Kier alpha value is -3.14. The zero-order valence-corrected chi connectivity index (χ0v) is 19.6. The van der Waals surface area contributed by atoms with Gasteiger partial charge in [0.2, 0.25) is 0 Å². The molecule has 1 fully saturated rings. The van der Waals surface area contributed by atoms with Gasteiger partial charge in [0.25, 0.3) is 0 Å². The van der Waals surface area contributed by atoms with Crippen molar-refractivity contribution in [2.75, 3.05) is 6.61 Å². The molecule has 2 nitrogen and oxygen atoms in total. The molecule has 10 heteroatoms. The summed E-state index contributed by atoms with van der Waals surface area (Å²) in [6.07, 6.45) is -3.78. The second-order valence-electron chi connectivity index (χ2n) is 8.85. The van der Waals surface area contributed by atoms with E-state index >= 15 is 0 Å². The molecule has 0 N–H and O–H groups in total. The highest BCUT2D eigenvalue weighted by Gasteiger charge is 2.39. The Morgan fingerprint density at radius 2 is 1.54 bits per heavy atom. The predicted molar refractivity (Wildman–Crippen MR) is 118 cm³/mol. The maximum Gasteiger partial charge on any atom is 0.429 e. The van der Waals surface area contributed by atoms with E-state index in [0.29, 0.717) is 18.9 Å². The Morgan fingerprint density at radius 3 is 2.14 bits per heavy atom. The van der Waals surface area contributed by atoms with Crippen LogP contribution in [-0.2, 0) is 17.3 Å². The number of hydrogen-bond acceptors (Lipinski definition) is 2. The summed E-state index contributed by atoms with van der Waals surface area (Å²) in [4.78, 5) is 0. The van der Waals surface area contributed by atoms with Crippen molar-refractivity contribution in [3.05, 3.63) is 99.6 Å². The SMILES string of the molecule is CCCc1ccc(C(F)(F)Oc2ccc(C3CCC(c4cc(F)c(F)c(F)c4)OC3)c(F)c2)c(F)c1F. The van der Waals surface area contributed by atoms with Crippen LogP contribution in [0.4, 0.5) is 35.1 Å². The van der Waals surface area contributed by atoms with Crippen LogP contribution in [0.1, 0.15) is 60.5 Å². The summed E-state index contributed by atoms with van der Waals surface area (Å²) in [5, 5.41) is 0. The van der Waals surface area contributed by atoms with Gasteiger partial charge >= 0.3 is 6.11 Å². The van der Waals surface area contributed by atoms with Gasteiger partial charge in [-0.05, 0) is 60.2 Å². The van der Waals surface area contributed by atoms with Gasteiger partial charge in [-0.15, -0.1) is 0 Å². The molecule has 0 saturated carbocycles. The number of alkyl halides is 2. The van der Waals surface area contributed by atoms with Crippen LogP contribution in [-0.4, -0.2) is 6.61 Å². The van der Waals surface area contributed by atoms with Crippen molar-refractivity contribution in [1.29, 1.82) is 0 Å². The maximum atomic E-state index is 14.8. The molecule has 1 aliphatic heterocycles. The van der Waals surface area contributed by atoms with Crippen molar-refractivity contribution in [3.63, 3.8) is 0 Å². The van der Waals surface area contributed by atoms with Gasteiger partial charge in [-0.1, -0.05) is 25.5 Å². The van der Waals surface area contributed by atoms with Crippen LogP contribution >= 0.6 is 0 Å². The molecule has 37 heavy (non-hydrogen) atoms. The Bertz CT molecular complexity index is 1260. The molecule has 0 aromatic heterocycles. The van der Waals surface area contributed by atoms with Crippen molar-refractivity contribution in [3.8, 4) is 5.75 Å². The summed E-state index contributed by atoms with van der Waals surface area (Å²) in [7, 11) is 0. The van der Waals surface area contributed by atoms with Crippen LogP contribution < -0.4 is 4.74 Å². The molecule has 1 heterocycles. The number of benzene rings is 3. The number of hydrogen-bond donors (Lipinski definition) is 0. The molecular formula is C27H22F8O2. The number of rotatable bonds is 7. The minimum absolute atomic E-state index is 0.0402. The molecule has 0 amide bonds. The fourth-order valence-corrected chi connectivity index (χ4v) is 4.40. The van der Waals surface area contributed by atoms with Crippen LogP contribution in [0, 0.1) is 34.9 Å². The monoisotopic (exact) mass is 530 g/mol. The number of ether oxygens (including phenoxy) is 2. The highest BCUT2D eigenvalue weighted by atomic mass is 19.3. The summed E-state index contributed by atoms with van der Waals surface area (Å²) in [6, 6.07) is 6.47. The third-order valence-corrected chi connectivity index (χ3v) is 6.31. The van der Waals surface area contributed by atoms with Crippen molar-refractivity contribution < 1.29 is 44.6 Å². The van der Waals surface area contributed by atoms with Gasteiger partial charge in [0.15, 0.2) is 29.1 Å².